The van der Waals surface area contributed by atoms with Crippen LogP contribution in [0, 0.1) is 19.8 Å². The van der Waals surface area contributed by atoms with Crippen molar-refractivity contribution >= 4 is 5.91 Å². The minimum atomic E-state index is -0.140. The molecule has 2 heterocycles. The highest BCUT2D eigenvalue weighted by molar-refractivity contribution is 5.81. The third-order valence-corrected chi connectivity index (χ3v) is 2.73. The minimum absolute atomic E-state index is 0.00648. The summed E-state index contributed by atoms with van der Waals surface area (Å²) < 4.78 is 6.72. The molecule has 0 saturated carbocycles. The first kappa shape index (κ1) is 11.6. The van der Waals surface area contributed by atoms with Gasteiger partial charge < -0.3 is 4.42 Å². The SMILES string of the molecule is Cc1cc(C)n(C(=O)C(C)Cc2ccco2)n1. The van der Waals surface area contributed by atoms with Crippen molar-refractivity contribution in [3.63, 3.8) is 0 Å². The van der Waals surface area contributed by atoms with Crippen LogP contribution >= 0.6 is 0 Å². The third-order valence-electron chi connectivity index (χ3n) is 2.73. The molecular weight excluding hydrogens is 216 g/mol. The summed E-state index contributed by atoms with van der Waals surface area (Å²) in [5.74, 6) is 0.693. The molecule has 0 saturated heterocycles. The van der Waals surface area contributed by atoms with Gasteiger partial charge in [-0.15, -0.1) is 0 Å². The number of nitrogens with zero attached hydrogens (tertiary/aromatic N) is 2. The fourth-order valence-electron chi connectivity index (χ4n) is 1.88. The lowest BCUT2D eigenvalue weighted by molar-refractivity contribution is 0.0820. The van der Waals surface area contributed by atoms with E-state index >= 15 is 0 Å². The van der Waals surface area contributed by atoms with Crippen molar-refractivity contribution in [2.45, 2.75) is 27.2 Å². The molecule has 2 rings (SSSR count). The molecule has 0 aliphatic rings. The van der Waals surface area contributed by atoms with Crippen LogP contribution in [-0.4, -0.2) is 15.7 Å². The van der Waals surface area contributed by atoms with Crippen molar-refractivity contribution in [1.82, 2.24) is 9.78 Å². The Balaban J connectivity index is 2.12. The maximum Gasteiger partial charge on any atom is 0.250 e. The van der Waals surface area contributed by atoms with Gasteiger partial charge in [-0.05, 0) is 32.0 Å². The van der Waals surface area contributed by atoms with Gasteiger partial charge in [-0.2, -0.15) is 5.10 Å². The largest absolute Gasteiger partial charge is 0.469 e. The molecule has 0 amide bonds. The van der Waals surface area contributed by atoms with Crippen molar-refractivity contribution in [3.8, 4) is 0 Å². The molecule has 17 heavy (non-hydrogen) atoms. The predicted octanol–water partition coefficient (Wildman–Crippen LogP) is 2.61. The van der Waals surface area contributed by atoms with Crippen molar-refractivity contribution in [2.75, 3.05) is 0 Å². The number of carbonyl (C=O) groups is 1. The number of hydrogen-bond acceptors (Lipinski definition) is 3. The van der Waals surface area contributed by atoms with Gasteiger partial charge >= 0.3 is 0 Å². The van der Waals surface area contributed by atoms with Crippen LogP contribution in [0.1, 0.15) is 28.9 Å². The fraction of sp³-hybridized carbons (Fsp3) is 0.385. The van der Waals surface area contributed by atoms with E-state index in [1.54, 1.807) is 6.26 Å². The van der Waals surface area contributed by atoms with Crippen LogP contribution in [-0.2, 0) is 6.42 Å². The van der Waals surface area contributed by atoms with E-state index in [4.69, 9.17) is 4.42 Å². The summed E-state index contributed by atoms with van der Waals surface area (Å²) in [5.41, 5.74) is 1.74. The second-order valence-corrected chi connectivity index (χ2v) is 4.36. The van der Waals surface area contributed by atoms with E-state index < -0.39 is 0 Å². The topological polar surface area (TPSA) is 48.0 Å². The number of aryl methyl sites for hydroxylation is 2. The molecule has 0 aliphatic heterocycles. The van der Waals surface area contributed by atoms with E-state index in [-0.39, 0.29) is 11.8 Å². The molecule has 0 N–H and O–H groups in total. The van der Waals surface area contributed by atoms with Crippen LogP contribution in [0.2, 0.25) is 0 Å². The highest BCUT2D eigenvalue weighted by Crippen LogP contribution is 2.12. The highest BCUT2D eigenvalue weighted by Gasteiger charge is 2.19. The summed E-state index contributed by atoms with van der Waals surface area (Å²) in [6.07, 6.45) is 2.22. The minimum Gasteiger partial charge on any atom is -0.469 e. The van der Waals surface area contributed by atoms with Gasteiger partial charge in [-0.1, -0.05) is 6.92 Å². The first-order valence-electron chi connectivity index (χ1n) is 5.68. The summed E-state index contributed by atoms with van der Waals surface area (Å²) in [6, 6.07) is 5.61. The van der Waals surface area contributed by atoms with Gasteiger partial charge in [0.15, 0.2) is 0 Å². The summed E-state index contributed by atoms with van der Waals surface area (Å²) in [7, 11) is 0. The first-order valence-corrected chi connectivity index (χ1v) is 5.68. The van der Waals surface area contributed by atoms with Gasteiger partial charge in [-0.3, -0.25) is 4.79 Å². The quantitative estimate of drug-likeness (QED) is 0.817. The van der Waals surface area contributed by atoms with Crippen LogP contribution in [0.5, 0.6) is 0 Å². The summed E-state index contributed by atoms with van der Waals surface area (Å²) in [6.45, 7) is 5.66. The van der Waals surface area contributed by atoms with E-state index in [1.807, 2.05) is 39.0 Å². The number of furan rings is 1. The zero-order valence-electron chi connectivity index (χ0n) is 10.3. The van der Waals surface area contributed by atoms with Gasteiger partial charge in [0.1, 0.15) is 5.76 Å². The molecule has 0 aromatic carbocycles. The molecule has 0 fully saturated rings. The third kappa shape index (κ3) is 2.46. The molecule has 0 aliphatic carbocycles. The van der Waals surface area contributed by atoms with Crippen LogP contribution in [0.25, 0.3) is 0 Å². The summed E-state index contributed by atoms with van der Waals surface area (Å²) in [5, 5.41) is 4.20. The summed E-state index contributed by atoms with van der Waals surface area (Å²) >= 11 is 0. The van der Waals surface area contributed by atoms with Crippen LogP contribution < -0.4 is 0 Å². The molecular formula is C13H16N2O2. The molecule has 90 valence electrons. The van der Waals surface area contributed by atoms with Crippen molar-refractivity contribution in [3.05, 3.63) is 41.6 Å². The van der Waals surface area contributed by atoms with Crippen molar-refractivity contribution in [1.29, 1.82) is 0 Å². The average Bonchev–Trinajstić information content (AvgIpc) is 2.87. The van der Waals surface area contributed by atoms with Gasteiger partial charge in [0.2, 0.25) is 5.91 Å². The lowest BCUT2D eigenvalue weighted by Crippen LogP contribution is -2.23. The second kappa shape index (κ2) is 4.57. The Hall–Kier alpha value is -1.84. The zero-order chi connectivity index (χ0) is 12.4. The lowest BCUT2D eigenvalue weighted by atomic mass is 10.1. The fourth-order valence-corrected chi connectivity index (χ4v) is 1.88. The van der Waals surface area contributed by atoms with E-state index in [2.05, 4.69) is 5.10 Å². The Morgan fingerprint density at radius 2 is 2.29 bits per heavy atom. The molecule has 2 aromatic heterocycles. The Bertz CT molecular complexity index is 512. The lowest BCUT2D eigenvalue weighted by Gasteiger charge is -2.09. The zero-order valence-corrected chi connectivity index (χ0v) is 10.3. The standard InChI is InChI=1S/C13H16N2O2/c1-9(7-12-5-4-6-17-12)13(16)15-11(3)8-10(2)14-15/h4-6,8-9H,7H2,1-3H3. The second-order valence-electron chi connectivity index (χ2n) is 4.36. The van der Waals surface area contributed by atoms with Crippen molar-refractivity contribution < 1.29 is 9.21 Å². The maximum atomic E-state index is 12.2. The van der Waals surface area contributed by atoms with E-state index in [1.165, 1.54) is 4.68 Å². The van der Waals surface area contributed by atoms with Crippen LogP contribution in [0.4, 0.5) is 0 Å². The molecule has 1 atom stereocenters. The Kier molecular flexibility index (Phi) is 3.13. The first-order chi connectivity index (χ1) is 8.08. The predicted molar refractivity (Wildman–Crippen MR) is 63.9 cm³/mol. The Labute approximate surface area is 100 Å². The number of aromatic nitrogens is 2. The Morgan fingerprint density at radius 1 is 1.53 bits per heavy atom. The van der Waals surface area contributed by atoms with Crippen LogP contribution in [0.15, 0.2) is 28.9 Å². The van der Waals surface area contributed by atoms with Gasteiger partial charge in [0, 0.05) is 18.0 Å². The van der Waals surface area contributed by atoms with Gasteiger partial charge in [-0.25, -0.2) is 4.68 Å². The normalized spacial score (nSPS) is 12.6. The molecule has 4 nitrogen and oxygen atoms in total. The molecule has 4 heteroatoms. The van der Waals surface area contributed by atoms with Crippen LogP contribution in [0.3, 0.4) is 0 Å². The smallest absolute Gasteiger partial charge is 0.250 e. The highest BCUT2D eigenvalue weighted by atomic mass is 16.3. The monoisotopic (exact) mass is 232 g/mol. The van der Waals surface area contributed by atoms with E-state index in [0.29, 0.717) is 6.42 Å². The molecule has 1 unspecified atom stereocenters. The molecule has 0 bridgehead atoms. The molecule has 2 aromatic rings. The number of rotatable bonds is 3. The van der Waals surface area contributed by atoms with E-state index in [0.717, 1.165) is 17.1 Å². The number of hydrogen-bond donors (Lipinski definition) is 0. The molecule has 0 radical (unpaired) electrons. The number of carbonyl (C=O) groups excluding carboxylic acids is 1. The molecule has 0 spiro atoms. The van der Waals surface area contributed by atoms with Crippen molar-refractivity contribution in [2.24, 2.45) is 5.92 Å². The average molecular weight is 232 g/mol. The van der Waals surface area contributed by atoms with Gasteiger partial charge in [0.05, 0.1) is 12.0 Å². The summed E-state index contributed by atoms with van der Waals surface area (Å²) in [4.78, 5) is 12.2. The van der Waals surface area contributed by atoms with Gasteiger partial charge in [0.25, 0.3) is 0 Å². The van der Waals surface area contributed by atoms with E-state index in [9.17, 15) is 4.79 Å². The Morgan fingerprint density at radius 3 is 2.82 bits per heavy atom. The maximum absolute atomic E-state index is 12.2.